The van der Waals surface area contributed by atoms with Gasteiger partial charge in [-0.25, -0.2) is 4.79 Å². The second-order valence-electron chi connectivity index (χ2n) is 6.35. The molecule has 0 aliphatic heterocycles. The number of carboxylic acids is 1. The van der Waals surface area contributed by atoms with Crippen molar-refractivity contribution in [2.75, 3.05) is 0 Å². The molecule has 1 N–H and O–H groups in total. The Labute approximate surface area is 143 Å². The average Bonchev–Trinajstić information content (AvgIpc) is 2.55. The molecule has 0 unspecified atom stereocenters. The smallest absolute Gasteiger partial charge is 0.387 e. The zero-order valence-electron chi connectivity index (χ0n) is 14.5. The number of carboxylic acid groups (broad SMARTS) is 1. The maximum absolute atomic E-state index is 11.4. The Bertz CT molecular complexity index is 604. The van der Waals surface area contributed by atoms with Crippen molar-refractivity contribution < 1.29 is 19.4 Å². The van der Waals surface area contributed by atoms with Crippen molar-refractivity contribution >= 4 is 5.97 Å². The molecule has 2 aromatic rings. The van der Waals surface area contributed by atoms with Gasteiger partial charge < -0.3 is 14.6 Å². The van der Waals surface area contributed by atoms with Gasteiger partial charge in [-0.2, -0.15) is 0 Å². The fraction of sp³-hybridized carbons (Fsp3) is 0.350. The Morgan fingerprint density at radius 2 is 1.08 bits per heavy atom. The summed E-state index contributed by atoms with van der Waals surface area (Å²) in [5, 5.41) is 9.33. The van der Waals surface area contributed by atoms with E-state index in [9.17, 15) is 9.90 Å². The van der Waals surface area contributed by atoms with Crippen molar-refractivity contribution in [1.29, 1.82) is 0 Å². The minimum absolute atomic E-state index is 0.407. The summed E-state index contributed by atoms with van der Waals surface area (Å²) in [5.41, 5.74) is 2.33. The first kappa shape index (κ1) is 17.9. The van der Waals surface area contributed by atoms with Crippen LogP contribution < -0.4 is 9.47 Å². The summed E-state index contributed by atoms with van der Waals surface area (Å²) < 4.78 is 10.9. The van der Waals surface area contributed by atoms with E-state index in [4.69, 9.17) is 9.47 Å². The number of rotatable bonds is 7. The number of carbonyl (C=O) groups is 1. The second-order valence-corrected chi connectivity index (χ2v) is 6.35. The highest BCUT2D eigenvalue weighted by atomic mass is 16.7. The molecule has 2 aromatic carbocycles. The van der Waals surface area contributed by atoms with Crippen LogP contribution in [0.1, 0.15) is 50.7 Å². The van der Waals surface area contributed by atoms with Gasteiger partial charge in [-0.1, -0.05) is 52.0 Å². The molecule has 0 bridgehead atoms. The molecule has 0 radical (unpaired) electrons. The molecule has 0 heterocycles. The Morgan fingerprint density at radius 3 is 1.33 bits per heavy atom. The predicted octanol–water partition coefficient (Wildman–Crippen LogP) is 4.80. The standard InChI is InChI=1S/C20H24O4/c1-13(2)15-5-9-17(10-6-15)23-20(19(21)22)24-18-11-7-16(8-12-18)14(3)4/h5-14,20H,1-4H3,(H,21,22). The molecule has 0 spiro atoms. The van der Waals surface area contributed by atoms with Crippen LogP contribution in [0.25, 0.3) is 0 Å². The predicted molar refractivity (Wildman–Crippen MR) is 93.7 cm³/mol. The first-order valence-corrected chi connectivity index (χ1v) is 8.13. The normalized spacial score (nSPS) is 11.1. The van der Waals surface area contributed by atoms with Gasteiger partial charge in [0.25, 0.3) is 0 Å². The fourth-order valence-corrected chi connectivity index (χ4v) is 2.23. The molecule has 2 rings (SSSR count). The number of hydrogen-bond donors (Lipinski definition) is 1. The van der Waals surface area contributed by atoms with E-state index in [0.717, 1.165) is 0 Å². The summed E-state index contributed by atoms with van der Waals surface area (Å²) in [5.74, 6) is 0.571. The Kier molecular flexibility index (Phi) is 5.85. The molecule has 0 fully saturated rings. The van der Waals surface area contributed by atoms with Crippen LogP contribution in [0.4, 0.5) is 0 Å². The zero-order chi connectivity index (χ0) is 17.7. The van der Waals surface area contributed by atoms with Gasteiger partial charge in [-0.15, -0.1) is 0 Å². The molecular weight excluding hydrogens is 304 g/mol. The SMILES string of the molecule is CC(C)c1ccc(OC(Oc2ccc(C(C)C)cc2)C(=O)O)cc1. The molecule has 24 heavy (non-hydrogen) atoms. The monoisotopic (exact) mass is 328 g/mol. The van der Waals surface area contributed by atoms with Crippen molar-refractivity contribution in [1.82, 2.24) is 0 Å². The molecule has 0 saturated carbocycles. The van der Waals surface area contributed by atoms with E-state index in [1.54, 1.807) is 24.3 Å². The van der Waals surface area contributed by atoms with Crippen molar-refractivity contribution in [3.05, 3.63) is 59.7 Å². The first-order valence-electron chi connectivity index (χ1n) is 8.13. The topological polar surface area (TPSA) is 55.8 Å². The average molecular weight is 328 g/mol. The van der Waals surface area contributed by atoms with Gasteiger partial charge in [0.15, 0.2) is 0 Å². The molecule has 0 aromatic heterocycles. The minimum Gasteiger partial charge on any atom is -0.476 e. The maximum atomic E-state index is 11.4. The van der Waals surface area contributed by atoms with Crippen molar-refractivity contribution in [2.24, 2.45) is 0 Å². The molecule has 4 nitrogen and oxygen atoms in total. The lowest BCUT2D eigenvalue weighted by molar-refractivity contribution is -0.158. The van der Waals surface area contributed by atoms with Crippen molar-refractivity contribution in [2.45, 2.75) is 45.8 Å². The van der Waals surface area contributed by atoms with Gasteiger partial charge in [-0.3, -0.25) is 0 Å². The Hall–Kier alpha value is -2.49. The molecule has 0 aliphatic rings. The molecule has 4 heteroatoms. The molecule has 0 saturated heterocycles. The van der Waals surface area contributed by atoms with E-state index < -0.39 is 12.3 Å². The summed E-state index contributed by atoms with van der Waals surface area (Å²) >= 11 is 0. The lowest BCUT2D eigenvalue weighted by Crippen LogP contribution is -2.33. The van der Waals surface area contributed by atoms with E-state index in [-0.39, 0.29) is 0 Å². The van der Waals surface area contributed by atoms with E-state index in [2.05, 4.69) is 27.7 Å². The van der Waals surface area contributed by atoms with Gasteiger partial charge in [0.2, 0.25) is 0 Å². The van der Waals surface area contributed by atoms with Crippen molar-refractivity contribution in [3.63, 3.8) is 0 Å². The zero-order valence-corrected chi connectivity index (χ0v) is 14.5. The lowest BCUT2D eigenvalue weighted by Gasteiger charge is -2.17. The highest BCUT2D eigenvalue weighted by molar-refractivity contribution is 5.71. The van der Waals surface area contributed by atoms with Crippen LogP contribution in [-0.4, -0.2) is 17.4 Å². The highest BCUT2D eigenvalue weighted by Crippen LogP contribution is 2.22. The summed E-state index contributed by atoms with van der Waals surface area (Å²) in [6.07, 6.45) is -1.39. The summed E-state index contributed by atoms with van der Waals surface area (Å²) in [7, 11) is 0. The van der Waals surface area contributed by atoms with Gasteiger partial charge in [0.1, 0.15) is 11.5 Å². The van der Waals surface area contributed by atoms with Crippen LogP contribution >= 0.6 is 0 Å². The Balaban J connectivity index is 2.07. The van der Waals surface area contributed by atoms with Gasteiger partial charge in [-0.05, 0) is 47.2 Å². The van der Waals surface area contributed by atoms with Crippen molar-refractivity contribution in [3.8, 4) is 11.5 Å². The minimum atomic E-state index is -1.39. The van der Waals surface area contributed by atoms with Gasteiger partial charge in [0.05, 0.1) is 0 Å². The summed E-state index contributed by atoms with van der Waals surface area (Å²) in [4.78, 5) is 11.4. The number of benzene rings is 2. The molecule has 0 amide bonds. The van der Waals surface area contributed by atoms with Crippen LogP contribution in [-0.2, 0) is 4.79 Å². The van der Waals surface area contributed by atoms with Gasteiger partial charge in [0, 0.05) is 0 Å². The summed E-state index contributed by atoms with van der Waals surface area (Å²) in [6, 6.07) is 14.7. The first-order chi connectivity index (χ1) is 11.4. The van der Waals surface area contributed by atoms with E-state index in [1.807, 2.05) is 24.3 Å². The molecule has 0 aliphatic carbocycles. The quantitative estimate of drug-likeness (QED) is 0.742. The number of ether oxygens (including phenoxy) is 2. The third kappa shape index (κ3) is 4.75. The highest BCUT2D eigenvalue weighted by Gasteiger charge is 2.21. The van der Waals surface area contributed by atoms with Crippen LogP contribution in [0.3, 0.4) is 0 Å². The second kappa shape index (κ2) is 7.86. The number of aliphatic carboxylic acids is 1. The third-order valence-corrected chi connectivity index (χ3v) is 3.78. The molecular formula is C20H24O4. The third-order valence-electron chi connectivity index (χ3n) is 3.78. The Morgan fingerprint density at radius 1 is 0.750 bits per heavy atom. The fourth-order valence-electron chi connectivity index (χ4n) is 2.23. The van der Waals surface area contributed by atoms with Gasteiger partial charge >= 0.3 is 12.3 Å². The van der Waals surface area contributed by atoms with E-state index in [1.165, 1.54) is 11.1 Å². The largest absolute Gasteiger partial charge is 0.476 e. The molecule has 128 valence electrons. The molecule has 0 atom stereocenters. The van der Waals surface area contributed by atoms with Crippen LogP contribution in [0, 0.1) is 0 Å². The van der Waals surface area contributed by atoms with E-state index in [0.29, 0.717) is 23.3 Å². The summed E-state index contributed by atoms with van der Waals surface area (Å²) in [6.45, 7) is 8.39. The van der Waals surface area contributed by atoms with E-state index >= 15 is 0 Å². The maximum Gasteiger partial charge on any atom is 0.387 e. The van der Waals surface area contributed by atoms with Crippen LogP contribution in [0.15, 0.2) is 48.5 Å². The number of hydrogen-bond acceptors (Lipinski definition) is 3. The van der Waals surface area contributed by atoms with Crippen LogP contribution in [0.5, 0.6) is 11.5 Å². The van der Waals surface area contributed by atoms with Crippen LogP contribution in [0.2, 0.25) is 0 Å². The lowest BCUT2D eigenvalue weighted by atomic mass is 10.0.